The summed E-state index contributed by atoms with van der Waals surface area (Å²) in [5.41, 5.74) is 4.68. The number of rotatable bonds is 4. The van der Waals surface area contributed by atoms with E-state index in [1.165, 1.54) is 11.3 Å². The van der Waals surface area contributed by atoms with Crippen LogP contribution in [0.1, 0.15) is 32.8 Å². The van der Waals surface area contributed by atoms with E-state index in [4.69, 9.17) is 5.73 Å². The number of carbonyl (C=O) groups is 2. The maximum Gasteiger partial charge on any atom is 0.417 e. The molecule has 0 fully saturated rings. The monoisotopic (exact) mass is 385 g/mol. The average Bonchev–Trinajstić information content (AvgIpc) is 3.08. The van der Waals surface area contributed by atoms with Gasteiger partial charge in [-0.1, -0.05) is 0 Å². The van der Waals surface area contributed by atoms with Gasteiger partial charge in [-0.25, -0.2) is 0 Å². The molecule has 138 valence electrons. The number of alkyl halides is 3. The van der Waals surface area contributed by atoms with Crippen LogP contribution in [0.15, 0.2) is 23.1 Å². The number of primary amides is 1. The molecule has 1 aliphatic rings. The quantitative estimate of drug-likeness (QED) is 0.844. The molecule has 0 saturated heterocycles. The van der Waals surface area contributed by atoms with Gasteiger partial charge in [0.2, 0.25) is 5.91 Å². The van der Waals surface area contributed by atoms with Crippen molar-refractivity contribution in [2.75, 3.05) is 5.32 Å². The fraction of sp³-hybridized carbons (Fsp3) is 0.312. The van der Waals surface area contributed by atoms with Crippen LogP contribution in [0.5, 0.6) is 0 Å². The van der Waals surface area contributed by atoms with E-state index in [1.54, 1.807) is 0 Å². The molecule has 0 aromatic carbocycles. The Morgan fingerprint density at radius 2 is 2.00 bits per heavy atom. The van der Waals surface area contributed by atoms with Gasteiger partial charge in [0.1, 0.15) is 11.5 Å². The lowest BCUT2D eigenvalue weighted by atomic mass is 10.1. The number of anilines is 1. The van der Waals surface area contributed by atoms with Crippen molar-refractivity contribution in [2.24, 2.45) is 5.73 Å². The summed E-state index contributed by atoms with van der Waals surface area (Å²) in [5.74, 6) is -1.38. The largest absolute Gasteiger partial charge is 0.417 e. The SMILES string of the molecule is NC(=O)c1c(NC(=O)Cn2cc(C(F)(F)F)ccc2=O)sc2c1CCC2. The molecule has 0 aliphatic heterocycles. The molecule has 0 spiro atoms. The lowest BCUT2D eigenvalue weighted by molar-refractivity contribution is -0.138. The summed E-state index contributed by atoms with van der Waals surface area (Å²) in [4.78, 5) is 36.6. The zero-order valence-electron chi connectivity index (χ0n) is 13.4. The summed E-state index contributed by atoms with van der Waals surface area (Å²) in [6, 6.07) is 1.41. The first-order chi connectivity index (χ1) is 12.2. The minimum atomic E-state index is -4.63. The molecule has 0 atom stereocenters. The average molecular weight is 385 g/mol. The number of aromatic nitrogens is 1. The van der Waals surface area contributed by atoms with E-state index in [2.05, 4.69) is 5.32 Å². The molecule has 0 bridgehead atoms. The number of aryl methyl sites for hydroxylation is 1. The third-order valence-electron chi connectivity index (χ3n) is 4.05. The first-order valence-electron chi connectivity index (χ1n) is 7.68. The smallest absolute Gasteiger partial charge is 0.365 e. The van der Waals surface area contributed by atoms with Crippen LogP contribution in [0.2, 0.25) is 0 Å². The number of carbonyl (C=O) groups excluding carboxylic acids is 2. The van der Waals surface area contributed by atoms with Crippen molar-refractivity contribution >= 4 is 28.2 Å². The van der Waals surface area contributed by atoms with Crippen molar-refractivity contribution in [1.82, 2.24) is 4.57 Å². The highest BCUT2D eigenvalue weighted by molar-refractivity contribution is 7.17. The van der Waals surface area contributed by atoms with Gasteiger partial charge in [0.25, 0.3) is 11.5 Å². The summed E-state index contributed by atoms with van der Waals surface area (Å²) in [5, 5.41) is 2.76. The summed E-state index contributed by atoms with van der Waals surface area (Å²) in [6.07, 6.45) is -1.67. The lowest BCUT2D eigenvalue weighted by Crippen LogP contribution is -2.28. The van der Waals surface area contributed by atoms with E-state index in [0.717, 1.165) is 29.3 Å². The molecule has 2 heterocycles. The Bertz CT molecular complexity index is 946. The Balaban J connectivity index is 1.83. The first kappa shape index (κ1) is 18.2. The molecule has 6 nitrogen and oxygen atoms in total. The number of hydrogen-bond acceptors (Lipinski definition) is 4. The van der Waals surface area contributed by atoms with Gasteiger partial charge in [-0.2, -0.15) is 13.2 Å². The van der Waals surface area contributed by atoms with Crippen LogP contribution in [-0.4, -0.2) is 16.4 Å². The van der Waals surface area contributed by atoms with Crippen LogP contribution >= 0.6 is 11.3 Å². The van der Waals surface area contributed by atoms with Gasteiger partial charge in [0.15, 0.2) is 0 Å². The van der Waals surface area contributed by atoms with Gasteiger partial charge >= 0.3 is 6.18 Å². The van der Waals surface area contributed by atoms with Crippen molar-refractivity contribution in [3.8, 4) is 0 Å². The number of nitrogens with zero attached hydrogens (tertiary/aromatic N) is 1. The third kappa shape index (κ3) is 3.50. The van der Waals surface area contributed by atoms with Crippen molar-refractivity contribution in [1.29, 1.82) is 0 Å². The second-order valence-corrected chi connectivity index (χ2v) is 6.96. The van der Waals surface area contributed by atoms with Crippen molar-refractivity contribution in [3.63, 3.8) is 0 Å². The second kappa shape index (κ2) is 6.60. The predicted molar refractivity (Wildman–Crippen MR) is 89.2 cm³/mol. The van der Waals surface area contributed by atoms with Crippen molar-refractivity contribution in [2.45, 2.75) is 32.0 Å². The zero-order chi connectivity index (χ0) is 19.1. The topological polar surface area (TPSA) is 94.2 Å². The first-order valence-corrected chi connectivity index (χ1v) is 8.50. The maximum atomic E-state index is 12.8. The molecule has 26 heavy (non-hydrogen) atoms. The van der Waals surface area contributed by atoms with Crippen LogP contribution < -0.4 is 16.6 Å². The summed E-state index contributed by atoms with van der Waals surface area (Å²) >= 11 is 1.23. The molecule has 2 aromatic heterocycles. The van der Waals surface area contributed by atoms with E-state index in [9.17, 15) is 27.6 Å². The van der Waals surface area contributed by atoms with Crippen LogP contribution in [-0.2, 0) is 30.4 Å². The predicted octanol–water partition coefficient (Wildman–Crippen LogP) is 2.15. The summed E-state index contributed by atoms with van der Waals surface area (Å²) in [6.45, 7) is -0.608. The fourth-order valence-electron chi connectivity index (χ4n) is 2.90. The summed E-state index contributed by atoms with van der Waals surface area (Å²) in [7, 11) is 0. The molecule has 0 unspecified atom stereocenters. The number of amides is 2. The second-order valence-electron chi connectivity index (χ2n) is 5.86. The van der Waals surface area contributed by atoms with Gasteiger partial charge in [-0.15, -0.1) is 11.3 Å². The fourth-order valence-corrected chi connectivity index (χ4v) is 4.21. The Kier molecular flexibility index (Phi) is 4.61. The highest BCUT2D eigenvalue weighted by Gasteiger charge is 2.31. The minimum absolute atomic E-state index is 0.243. The van der Waals surface area contributed by atoms with Crippen LogP contribution in [0.3, 0.4) is 0 Å². The number of nitrogens with two attached hydrogens (primary N) is 1. The van der Waals surface area contributed by atoms with E-state index in [-0.39, 0.29) is 10.6 Å². The molecule has 2 aromatic rings. The van der Waals surface area contributed by atoms with Crippen LogP contribution in [0.25, 0.3) is 0 Å². The summed E-state index contributed by atoms with van der Waals surface area (Å²) < 4.78 is 38.9. The Labute approximate surface area is 149 Å². The number of pyridine rings is 1. The molecule has 2 amide bonds. The van der Waals surface area contributed by atoms with Gasteiger partial charge in [-0.05, 0) is 30.9 Å². The normalized spacial score (nSPS) is 13.5. The van der Waals surface area contributed by atoms with Crippen LogP contribution in [0.4, 0.5) is 18.2 Å². The molecule has 0 saturated carbocycles. The molecular formula is C16H14F3N3O3S. The Hall–Kier alpha value is -2.62. The van der Waals surface area contributed by atoms with E-state index >= 15 is 0 Å². The Morgan fingerprint density at radius 1 is 1.27 bits per heavy atom. The number of hydrogen-bond donors (Lipinski definition) is 2. The lowest BCUT2D eigenvalue weighted by Gasteiger charge is -2.11. The van der Waals surface area contributed by atoms with Crippen LogP contribution in [0, 0.1) is 0 Å². The molecule has 1 aliphatic carbocycles. The highest BCUT2D eigenvalue weighted by atomic mass is 32.1. The Morgan fingerprint density at radius 3 is 2.65 bits per heavy atom. The van der Waals surface area contributed by atoms with Crippen molar-refractivity contribution < 1.29 is 22.8 Å². The molecule has 3 N–H and O–H groups in total. The maximum absolute atomic E-state index is 12.8. The van der Waals surface area contributed by atoms with Crippen molar-refractivity contribution in [3.05, 3.63) is 50.3 Å². The highest BCUT2D eigenvalue weighted by Crippen LogP contribution is 2.38. The third-order valence-corrected chi connectivity index (χ3v) is 5.25. The van der Waals surface area contributed by atoms with Gasteiger partial charge in [-0.3, -0.25) is 14.4 Å². The number of fused-ring (bicyclic) bond motifs is 1. The molecule has 0 radical (unpaired) electrons. The number of halogens is 3. The standard InChI is InChI=1S/C16H14F3N3O3S/c17-16(18,19)8-4-5-12(24)22(6-8)7-11(23)21-15-13(14(20)25)9-2-1-3-10(9)26-15/h4-6H,1-3,7H2,(H2,20,25)(H,21,23). The van der Waals surface area contributed by atoms with E-state index in [1.807, 2.05) is 0 Å². The van der Waals surface area contributed by atoms with Gasteiger partial charge < -0.3 is 15.6 Å². The van der Waals surface area contributed by atoms with Gasteiger partial charge in [0, 0.05) is 17.1 Å². The van der Waals surface area contributed by atoms with E-state index < -0.39 is 35.7 Å². The molecule has 10 heteroatoms. The van der Waals surface area contributed by atoms with Gasteiger partial charge in [0.05, 0.1) is 11.1 Å². The minimum Gasteiger partial charge on any atom is -0.365 e. The molecule has 3 rings (SSSR count). The zero-order valence-corrected chi connectivity index (χ0v) is 14.2. The molecular weight excluding hydrogens is 371 g/mol. The number of nitrogens with one attached hydrogen (secondary N) is 1. The van der Waals surface area contributed by atoms with E-state index in [0.29, 0.717) is 23.3 Å². The number of thiophene rings is 1.